The topological polar surface area (TPSA) is 97.6 Å². The Balaban J connectivity index is 1.43. The van der Waals surface area contributed by atoms with Crippen molar-refractivity contribution < 1.29 is 14.3 Å². The minimum atomic E-state index is -0.204. The second-order valence-electron chi connectivity index (χ2n) is 10.8. The lowest BCUT2D eigenvalue weighted by Gasteiger charge is -2.29. The van der Waals surface area contributed by atoms with Crippen LogP contribution in [0.3, 0.4) is 0 Å². The van der Waals surface area contributed by atoms with Gasteiger partial charge in [0, 0.05) is 47.0 Å². The van der Waals surface area contributed by atoms with E-state index >= 15 is 0 Å². The zero-order valence-corrected chi connectivity index (χ0v) is 21.7. The van der Waals surface area contributed by atoms with Crippen molar-refractivity contribution in [2.75, 3.05) is 13.2 Å². The summed E-state index contributed by atoms with van der Waals surface area (Å²) in [6, 6.07) is -0.00405. The number of amides is 2. The van der Waals surface area contributed by atoms with Gasteiger partial charge in [0.15, 0.2) is 0 Å². The Morgan fingerprint density at radius 2 is 2.09 bits per heavy atom. The number of hydrogen-bond acceptors (Lipinski definition) is 5. The quantitative estimate of drug-likeness (QED) is 0.438. The third-order valence-corrected chi connectivity index (χ3v) is 7.43. The van der Waals surface area contributed by atoms with E-state index in [0.717, 1.165) is 55.5 Å². The first kappa shape index (κ1) is 25.6. The summed E-state index contributed by atoms with van der Waals surface area (Å²) in [5.74, 6) is -0.00399. The fourth-order valence-electron chi connectivity index (χ4n) is 5.34. The smallest absolute Gasteiger partial charge is 0.228 e. The Hall–Kier alpha value is -2.45. The van der Waals surface area contributed by atoms with Gasteiger partial charge >= 0.3 is 0 Å². The SMILES string of the molecule is C=N/C(=C\C(=C(/C)Cl)c1cnn2c1CC(C)(C)C2)NC(=O)[C@H]1CCC[C@@H](NC(=O)C2CCOC2)C1. The molecular weight excluding hydrogens is 466 g/mol. The molecule has 3 atom stereocenters. The molecule has 35 heavy (non-hydrogen) atoms. The van der Waals surface area contributed by atoms with E-state index in [9.17, 15) is 9.59 Å². The maximum absolute atomic E-state index is 13.1. The molecule has 2 aliphatic heterocycles. The summed E-state index contributed by atoms with van der Waals surface area (Å²) in [5.41, 5.74) is 3.00. The van der Waals surface area contributed by atoms with E-state index in [1.165, 1.54) is 0 Å². The van der Waals surface area contributed by atoms with Crippen molar-refractivity contribution in [3.05, 3.63) is 34.4 Å². The van der Waals surface area contributed by atoms with Gasteiger partial charge in [-0.3, -0.25) is 14.3 Å². The number of halogens is 1. The van der Waals surface area contributed by atoms with Crippen LogP contribution in [0.1, 0.15) is 64.1 Å². The predicted molar refractivity (Wildman–Crippen MR) is 137 cm³/mol. The lowest BCUT2D eigenvalue weighted by molar-refractivity contribution is -0.128. The van der Waals surface area contributed by atoms with Gasteiger partial charge in [-0.25, -0.2) is 4.99 Å². The number of nitrogens with one attached hydrogen (secondary N) is 2. The molecule has 1 aromatic rings. The molecule has 0 radical (unpaired) electrons. The van der Waals surface area contributed by atoms with Crippen molar-refractivity contribution in [1.29, 1.82) is 0 Å². The summed E-state index contributed by atoms with van der Waals surface area (Å²) in [4.78, 5) is 29.7. The van der Waals surface area contributed by atoms with Gasteiger partial charge in [-0.1, -0.05) is 31.9 Å². The first-order valence-corrected chi connectivity index (χ1v) is 12.8. The minimum Gasteiger partial charge on any atom is -0.381 e. The molecule has 190 valence electrons. The molecule has 1 aliphatic carbocycles. The van der Waals surface area contributed by atoms with Crippen molar-refractivity contribution in [1.82, 2.24) is 20.4 Å². The molecule has 1 aromatic heterocycles. The summed E-state index contributed by atoms with van der Waals surface area (Å²) < 4.78 is 7.35. The van der Waals surface area contributed by atoms with Gasteiger partial charge in [-0.05, 0) is 57.2 Å². The number of aliphatic imine (C=N–C) groups is 1. The van der Waals surface area contributed by atoms with Gasteiger partial charge in [0.25, 0.3) is 0 Å². The van der Waals surface area contributed by atoms with Crippen LogP contribution in [0.4, 0.5) is 0 Å². The van der Waals surface area contributed by atoms with Crippen LogP contribution >= 0.6 is 11.6 Å². The highest BCUT2D eigenvalue weighted by molar-refractivity contribution is 6.32. The van der Waals surface area contributed by atoms with Crippen molar-refractivity contribution in [2.45, 2.75) is 71.9 Å². The van der Waals surface area contributed by atoms with Gasteiger partial charge in [0.2, 0.25) is 11.8 Å². The van der Waals surface area contributed by atoms with Crippen LogP contribution in [-0.2, 0) is 27.3 Å². The fourth-order valence-corrected chi connectivity index (χ4v) is 5.50. The lowest BCUT2D eigenvalue weighted by atomic mass is 9.84. The van der Waals surface area contributed by atoms with Crippen LogP contribution in [0, 0.1) is 17.3 Å². The Labute approximate surface area is 212 Å². The summed E-state index contributed by atoms with van der Waals surface area (Å²) >= 11 is 6.49. The molecule has 9 heteroatoms. The van der Waals surface area contributed by atoms with Crippen LogP contribution in [-0.4, -0.2) is 47.6 Å². The summed E-state index contributed by atoms with van der Waals surface area (Å²) in [6.45, 7) is 11.9. The summed E-state index contributed by atoms with van der Waals surface area (Å²) in [5, 5.41) is 11.2. The molecule has 1 unspecified atom stereocenters. The molecule has 3 heterocycles. The molecule has 1 saturated heterocycles. The van der Waals surface area contributed by atoms with Crippen molar-refractivity contribution in [2.24, 2.45) is 22.2 Å². The lowest BCUT2D eigenvalue weighted by Crippen LogP contribution is -2.44. The standard InChI is InChI=1S/C26H36ClN5O3/c1-16(27)20(21-13-29-32-15-26(2,3)12-22(21)32)11-23(28-4)31-24(33)17-6-5-7-19(10-17)30-25(34)18-8-9-35-14-18/h11,13,17-19H,4-10,12,14-15H2,1-3H3,(H,30,34)(H,31,33)/b20-16-,23-11+/t17-,18?,19+/m0/s1. The Kier molecular flexibility index (Phi) is 7.81. The second kappa shape index (κ2) is 10.7. The van der Waals surface area contributed by atoms with Gasteiger partial charge in [-0.2, -0.15) is 5.10 Å². The van der Waals surface area contributed by atoms with Crippen molar-refractivity contribution >= 4 is 35.7 Å². The number of ether oxygens (including phenoxy) is 1. The highest BCUT2D eigenvalue weighted by Gasteiger charge is 2.33. The van der Waals surface area contributed by atoms with Crippen LogP contribution in [0.5, 0.6) is 0 Å². The van der Waals surface area contributed by atoms with E-state index in [4.69, 9.17) is 16.3 Å². The zero-order chi connectivity index (χ0) is 25.2. The maximum atomic E-state index is 13.1. The number of carbonyl (C=O) groups excluding carboxylic acids is 2. The van der Waals surface area contributed by atoms with Crippen molar-refractivity contribution in [3.8, 4) is 0 Å². The normalized spacial score (nSPS) is 26.6. The fraction of sp³-hybridized carbons (Fsp3) is 0.615. The highest BCUT2D eigenvalue weighted by Crippen LogP contribution is 2.37. The molecule has 8 nitrogen and oxygen atoms in total. The van der Waals surface area contributed by atoms with Crippen molar-refractivity contribution in [3.63, 3.8) is 0 Å². The second-order valence-corrected chi connectivity index (χ2v) is 11.3. The monoisotopic (exact) mass is 501 g/mol. The first-order valence-electron chi connectivity index (χ1n) is 12.5. The van der Waals surface area contributed by atoms with E-state index in [1.54, 1.807) is 6.08 Å². The van der Waals surface area contributed by atoms with Crippen LogP contribution in [0.2, 0.25) is 0 Å². The Bertz CT molecular complexity index is 1050. The molecule has 4 rings (SSSR count). The van der Waals surface area contributed by atoms with Gasteiger partial charge < -0.3 is 15.4 Å². The number of fused-ring (bicyclic) bond motifs is 1. The average Bonchev–Trinajstić information content (AvgIpc) is 3.53. The number of carbonyl (C=O) groups is 2. The van der Waals surface area contributed by atoms with E-state index in [0.29, 0.717) is 30.5 Å². The minimum absolute atomic E-state index is 0.00405. The molecule has 0 spiro atoms. The predicted octanol–water partition coefficient (Wildman–Crippen LogP) is 3.80. The number of aromatic nitrogens is 2. The molecule has 2 fully saturated rings. The molecular formula is C26H36ClN5O3. The van der Waals surface area contributed by atoms with Gasteiger partial charge in [-0.15, -0.1) is 0 Å². The van der Waals surface area contributed by atoms with Crippen LogP contribution in [0.15, 0.2) is 28.1 Å². The summed E-state index contributed by atoms with van der Waals surface area (Å²) in [6.07, 6.45) is 8.41. The highest BCUT2D eigenvalue weighted by atomic mass is 35.5. The Morgan fingerprint density at radius 3 is 2.77 bits per heavy atom. The molecule has 2 N–H and O–H groups in total. The van der Waals surface area contributed by atoms with E-state index in [2.05, 4.69) is 41.3 Å². The van der Waals surface area contributed by atoms with Gasteiger partial charge in [0.1, 0.15) is 5.82 Å². The average molecular weight is 502 g/mol. The Morgan fingerprint density at radius 1 is 1.29 bits per heavy atom. The molecule has 0 bridgehead atoms. The first-order chi connectivity index (χ1) is 16.7. The third kappa shape index (κ3) is 6.04. The molecule has 3 aliphatic rings. The molecule has 1 saturated carbocycles. The molecule has 2 amide bonds. The third-order valence-electron chi connectivity index (χ3n) is 7.23. The summed E-state index contributed by atoms with van der Waals surface area (Å²) in [7, 11) is 0. The number of allylic oxidation sites excluding steroid dienone is 3. The van der Waals surface area contributed by atoms with Crippen LogP contribution in [0.25, 0.3) is 5.57 Å². The number of hydrogen-bond donors (Lipinski definition) is 2. The van der Waals surface area contributed by atoms with E-state index in [-0.39, 0.29) is 35.1 Å². The number of nitrogens with zero attached hydrogens (tertiary/aromatic N) is 3. The van der Waals surface area contributed by atoms with Gasteiger partial charge in [0.05, 0.1) is 18.7 Å². The maximum Gasteiger partial charge on any atom is 0.228 e. The van der Waals surface area contributed by atoms with E-state index < -0.39 is 0 Å². The van der Waals surface area contributed by atoms with Crippen LogP contribution < -0.4 is 10.6 Å². The molecule has 0 aromatic carbocycles. The zero-order valence-electron chi connectivity index (χ0n) is 20.9. The van der Waals surface area contributed by atoms with E-state index in [1.807, 2.05) is 17.8 Å². The largest absolute Gasteiger partial charge is 0.381 e. The number of rotatable bonds is 7.